The van der Waals surface area contributed by atoms with Gasteiger partial charge in [0.2, 0.25) is 11.8 Å². The van der Waals surface area contributed by atoms with Gasteiger partial charge in [0.15, 0.2) is 0 Å². The highest BCUT2D eigenvalue weighted by molar-refractivity contribution is 8.01. The Hall–Kier alpha value is -2.61. The van der Waals surface area contributed by atoms with Crippen LogP contribution in [0.2, 0.25) is 0 Å². The fourth-order valence-corrected chi connectivity index (χ4v) is 3.48. The van der Waals surface area contributed by atoms with E-state index in [4.69, 9.17) is 0 Å². The highest BCUT2D eigenvalue weighted by atomic mass is 32.2. The third-order valence-corrected chi connectivity index (χ3v) is 4.73. The maximum atomic E-state index is 12.4. The summed E-state index contributed by atoms with van der Waals surface area (Å²) in [7, 11) is 0. The number of nitrogens with one attached hydrogen (secondary N) is 2. The van der Waals surface area contributed by atoms with Crippen LogP contribution in [0.4, 0.5) is 20.2 Å². The van der Waals surface area contributed by atoms with Crippen LogP contribution in [0, 0.1) is 0 Å². The molecule has 0 bridgehead atoms. The minimum absolute atomic E-state index is 0.0894. The summed E-state index contributed by atoms with van der Waals surface area (Å²) in [6, 6.07) is 13.2. The topological polar surface area (TPSA) is 67.4 Å². The molecule has 1 aliphatic heterocycles. The first-order valence-corrected chi connectivity index (χ1v) is 8.31. The SMILES string of the molecule is O=C(CC1Sc2ccccc2NC1=O)Nc1ccccc1OC(F)F. The van der Waals surface area contributed by atoms with Crippen molar-refractivity contribution in [3.63, 3.8) is 0 Å². The number of alkyl halides is 2. The van der Waals surface area contributed by atoms with Gasteiger partial charge in [-0.2, -0.15) is 8.78 Å². The zero-order valence-corrected chi connectivity index (χ0v) is 13.7. The average molecular weight is 364 g/mol. The van der Waals surface area contributed by atoms with Gasteiger partial charge >= 0.3 is 6.61 Å². The van der Waals surface area contributed by atoms with Gasteiger partial charge in [0, 0.05) is 11.3 Å². The minimum Gasteiger partial charge on any atom is -0.433 e. The molecule has 0 aromatic heterocycles. The second-order valence-corrected chi connectivity index (χ2v) is 6.46. The van der Waals surface area contributed by atoms with Gasteiger partial charge < -0.3 is 15.4 Å². The lowest BCUT2D eigenvalue weighted by Gasteiger charge is -2.23. The van der Waals surface area contributed by atoms with Crippen molar-refractivity contribution in [2.24, 2.45) is 0 Å². The van der Waals surface area contributed by atoms with Crippen molar-refractivity contribution in [1.82, 2.24) is 0 Å². The standard InChI is InChI=1S/C17H14F2N2O3S/c18-17(19)24-12-7-3-1-5-10(12)20-15(22)9-14-16(23)21-11-6-2-4-8-13(11)25-14/h1-8,14,17H,9H2,(H,20,22)(H,21,23). The van der Waals surface area contributed by atoms with Crippen LogP contribution in [0.25, 0.3) is 0 Å². The number of benzene rings is 2. The molecule has 1 atom stereocenters. The van der Waals surface area contributed by atoms with Gasteiger partial charge in [-0.25, -0.2) is 0 Å². The van der Waals surface area contributed by atoms with Gasteiger partial charge in [-0.05, 0) is 24.3 Å². The summed E-state index contributed by atoms with van der Waals surface area (Å²) in [5.74, 6) is -0.856. The Bertz CT molecular complexity index is 801. The molecule has 1 aliphatic rings. The summed E-state index contributed by atoms with van der Waals surface area (Å²) in [5, 5.41) is 4.67. The van der Waals surface area contributed by atoms with Crippen LogP contribution in [-0.2, 0) is 9.59 Å². The fraction of sp³-hybridized carbons (Fsp3) is 0.176. The summed E-state index contributed by atoms with van der Waals surface area (Å²) in [4.78, 5) is 25.2. The van der Waals surface area contributed by atoms with Crippen molar-refractivity contribution in [3.8, 4) is 5.75 Å². The van der Waals surface area contributed by atoms with E-state index in [2.05, 4.69) is 15.4 Å². The third-order valence-electron chi connectivity index (χ3n) is 3.45. The van der Waals surface area contributed by atoms with E-state index in [1.807, 2.05) is 18.2 Å². The van der Waals surface area contributed by atoms with Crippen molar-refractivity contribution in [1.29, 1.82) is 0 Å². The summed E-state index contributed by atoms with van der Waals surface area (Å²) in [6.07, 6.45) is -0.0894. The highest BCUT2D eigenvalue weighted by Gasteiger charge is 2.29. The Morgan fingerprint density at radius 2 is 1.92 bits per heavy atom. The summed E-state index contributed by atoms with van der Waals surface area (Å²) < 4.78 is 29.2. The number of halogens is 2. The first kappa shape index (κ1) is 17.2. The lowest BCUT2D eigenvalue weighted by atomic mass is 10.2. The van der Waals surface area contributed by atoms with E-state index >= 15 is 0 Å². The van der Waals surface area contributed by atoms with E-state index in [0.717, 1.165) is 4.90 Å². The number of carbonyl (C=O) groups is 2. The van der Waals surface area contributed by atoms with Crippen molar-refractivity contribution in [2.45, 2.75) is 23.2 Å². The molecule has 0 aliphatic carbocycles. The summed E-state index contributed by atoms with van der Waals surface area (Å²) in [5.41, 5.74) is 0.847. The van der Waals surface area contributed by atoms with E-state index in [0.29, 0.717) is 5.69 Å². The maximum absolute atomic E-state index is 12.4. The van der Waals surface area contributed by atoms with Gasteiger partial charge in [-0.15, -0.1) is 11.8 Å². The molecule has 0 saturated carbocycles. The van der Waals surface area contributed by atoms with Crippen LogP contribution in [0.15, 0.2) is 53.4 Å². The molecule has 2 N–H and O–H groups in total. The predicted molar refractivity (Wildman–Crippen MR) is 91.0 cm³/mol. The Balaban J connectivity index is 1.67. The van der Waals surface area contributed by atoms with Crippen LogP contribution >= 0.6 is 11.8 Å². The molecule has 1 heterocycles. The quantitative estimate of drug-likeness (QED) is 0.848. The van der Waals surface area contributed by atoms with Crippen LogP contribution in [0.1, 0.15) is 6.42 Å². The molecule has 1 unspecified atom stereocenters. The number of hydrogen-bond donors (Lipinski definition) is 2. The predicted octanol–water partition coefficient (Wildman–Crippen LogP) is 3.73. The molecule has 130 valence electrons. The maximum Gasteiger partial charge on any atom is 0.387 e. The van der Waals surface area contributed by atoms with Crippen molar-refractivity contribution in [2.75, 3.05) is 10.6 Å². The van der Waals surface area contributed by atoms with Gasteiger partial charge in [-0.3, -0.25) is 9.59 Å². The lowest BCUT2D eigenvalue weighted by molar-refractivity contribution is -0.120. The first-order valence-electron chi connectivity index (χ1n) is 7.43. The normalized spacial score (nSPS) is 16.1. The monoisotopic (exact) mass is 364 g/mol. The number of ether oxygens (including phenoxy) is 1. The number of anilines is 2. The van der Waals surface area contributed by atoms with Crippen molar-refractivity contribution < 1.29 is 23.1 Å². The largest absolute Gasteiger partial charge is 0.433 e. The van der Waals surface area contributed by atoms with Crippen molar-refractivity contribution in [3.05, 3.63) is 48.5 Å². The number of rotatable bonds is 5. The number of carbonyl (C=O) groups excluding carboxylic acids is 2. The zero-order valence-electron chi connectivity index (χ0n) is 12.9. The fourth-order valence-electron chi connectivity index (χ4n) is 2.37. The molecule has 2 amide bonds. The van der Waals surface area contributed by atoms with Gasteiger partial charge in [0.05, 0.1) is 16.6 Å². The van der Waals surface area contributed by atoms with Gasteiger partial charge in [0.25, 0.3) is 0 Å². The van der Waals surface area contributed by atoms with Crippen LogP contribution in [-0.4, -0.2) is 23.7 Å². The van der Waals surface area contributed by atoms with Crippen molar-refractivity contribution >= 4 is 35.0 Å². The highest BCUT2D eigenvalue weighted by Crippen LogP contribution is 2.37. The number of thioether (sulfide) groups is 1. The molecule has 3 rings (SSSR count). The molecule has 0 fully saturated rings. The molecule has 2 aromatic rings. The minimum atomic E-state index is -2.99. The van der Waals surface area contributed by atoms with Crippen LogP contribution < -0.4 is 15.4 Å². The zero-order chi connectivity index (χ0) is 17.8. The number of fused-ring (bicyclic) bond motifs is 1. The summed E-state index contributed by atoms with van der Waals surface area (Å²) >= 11 is 1.29. The molecule has 0 radical (unpaired) electrons. The molecule has 2 aromatic carbocycles. The molecule has 0 spiro atoms. The number of para-hydroxylation sites is 3. The number of amides is 2. The Labute approximate surface area is 146 Å². The Morgan fingerprint density at radius 1 is 1.20 bits per heavy atom. The second-order valence-electron chi connectivity index (χ2n) is 5.22. The Morgan fingerprint density at radius 3 is 2.72 bits per heavy atom. The number of hydrogen-bond acceptors (Lipinski definition) is 4. The molecular weight excluding hydrogens is 350 g/mol. The lowest BCUT2D eigenvalue weighted by Crippen LogP contribution is -2.32. The van der Waals surface area contributed by atoms with E-state index in [1.54, 1.807) is 12.1 Å². The average Bonchev–Trinajstić information content (AvgIpc) is 2.57. The van der Waals surface area contributed by atoms with Gasteiger partial charge in [0.1, 0.15) is 5.75 Å². The van der Waals surface area contributed by atoms with E-state index in [9.17, 15) is 18.4 Å². The first-order chi connectivity index (χ1) is 12.0. The second kappa shape index (κ2) is 7.52. The molecule has 25 heavy (non-hydrogen) atoms. The molecular formula is C17H14F2N2O3S. The van der Waals surface area contributed by atoms with E-state index < -0.39 is 17.8 Å². The molecule has 8 heteroatoms. The van der Waals surface area contributed by atoms with Gasteiger partial charge in [-0.1, -0.05) is 24.3 Å². The molecule has 0 saturated heterocycles. The summed E-state index contributed by atoms with van der Waals surface area (Å²) in [6.45, 7) is -2.99. The third kappa shape index (κ3) is 4.27. The van der Waals surface area contributed by atoms with E-state index in [1.165, 1.54) is 30.0 Å². The van der Waals surface area contributed by atoms with E-state index in [-0.39, 0.29) is 23.8 Å². The van der Waals surface area contributed by atoms with Crippen LogP contribution in [0.5, 0.6) is 5.75 Å². The molecule has 5 nitrogen and oxygen atoms in total. The Kier molecular flexibility index (Phi) is 5.18. The van der Waals surface area contributed by atoms with Crippen LogP contribution in [0.3, 0.4) is 0 Å². The smallest absolute Gasteiger partial charge is 0.387 e.